The van der Waals surface area contributed by atoms with Crippen molar-refractivity contribution in [1.29, 1.82) is 0 Å². The van der Waals surface area contributed by atoms with E-state index >= 15 is 0 Å². The van der Waals surface area contributed by atoms with Crippen LogP contribution in [0.1, 0.15) is 39.2 Å². The molecule has 1 heterocycles. The van der Waals surface area contributed by atoms with E-state index in [0.717, 1.165) is 5.56 Å². The third-order valence-electron chi connectivity index (χ3n) is 6.39. The Morgan fingerprint density at radius 2 is 1.38 bits per heavy atom. The van der Waals surface area contributed by atoms with Crippen molar-refractivity contribution in [3.63, 3.8) is 0 Å². The van der Waals surface area contributed by atoms with Crippen LogP contribution < -0.4 is 10.4 Å². The van der Waals surface area contributed by atoms with Gasteiger partial charge in [0.2, 0.25) is 0 Å². The van der Waals surface area contributed by atoms with Gasteiger partial charge < -0.3 is 13.9 Å². The van der Waals surface area contributed by atoms with Gasteiger partial charge in [-0.25, -0.2) is 0 Å². The van der Waals surface area contributed by atoms with Gasteiger partial charge in [0.25, 0.3) is 8.32 Å². The Bertz CT molecular complexity index is 1010. The number of benzene rings is 3. The number of hydrogen-bond donors (Lipinski definition) is 0. The molecule has 3 aromatic rings. The first-order chi connectivity index (χ1) is 16.4. The third-order valence-corrected chi connectivity index (χ3v) is 11.5. The fourth-order valence-corrected chi connectivity index (χ4v) is 9.55. The average molecular weight is 475 g/mol. The van der Waals surface area contributed by atoms with Crippen molar-refractivity contribution in [1.82, 2.24) is 0 Å². The maximum Gasteiger partial charge on any atom is 0.308 e. The van der Waals surface area contributed by atoms with E-state index in [4.69, 9.17) is 13.9 Å². The van der Waals surface area contributed by atoms with Gasteiger partial charge in [0.05, 0.1) is 25.7 Å². The molecule has 1 aliphatic rings. The third kappa shape index (κ3) is 5.49. The summed E-state index contributed by atoms with van der Waals surface area (Å²) in [6.45, 7) is 7.61. The van der Waals surface area contributed by atoms with Crippen molar-refractivity contribution in [2.75, 3.05) is 6.61 Å². The number of rotatable bonds is 8. The predicted octanol–water partition coefficient (Wildman–Crippen LogP) is 4.85. The molecule has 0 spiro atoms. The highest BCUT2D eigenvalue weighted by molar-refractivity contribution is 6.99. The molecule has 0 amide bonds. The number of carbonyl (C=O) groups is 1. The monoisotopic (exact) mass is 474 g/mol. The molecule has 5 heteroatoms. The number of hydrogen-bond acceptors (Lipinski definition) is 4. The molecule has 1 saturated heterocycles. The first-order valence-corrected chi connectivity index (χ1v) is 13.9. The molecule has 3 aromatic carbocycles. The lowest BCUT2D eigenvalue weighted by Gasteiger charge is -2.46. The Kier molecular flexibility index (Phi) is 7.66. The minimum atomic E-state index is -2.73. The molecule has 0 aliphatic carbocycles. The zero-order valence-electron chi connectivity index (χ0n) is 20.3. The molecule has 0 N–H and O–H groups in total. The summed E-state index contributed by atoms with van der Waals surface area (Å²) in [4.78, 5) is 12.6. The normalized spacial score (nSPS) is 19.0. The van der Waals surface area contributed by atoms with Crippen LogP contribution in [-0.2, 0) is 25.3 Å². The SMILES string of the molecule is CC(C)(C)[Si](OC1CC(=O)OC(COCc2ccccc2)C1)(c1ccccc1)c1ccccc1. The Morgan fingerprint density at radius 3 is 1.91 bits per heavy atom. The van der Waals surface area contributed by atoms with Crippen molar-refractivity contribution in [2.45, 2.75) is 57.5 Å². The summed E-state index contributed by atoms with van der Waals surface area (Å²) in [5.41, 5.74) is 1.10. The van der Waals surface area contributed by atoms with Crippen molar-refractivity contribution >= 4 is 24.7 Å². The number of carbonyl (C=O) groups excluding carboxylic acids is 1. The lowest BCUT2D eigenvalue weighted by atomic mass is 10.1. The second-order valence-corrected chi connectivity index (χ2v) is 14.2. The molecule has 2 atom stereocenters. The number of esters is 1. The highest BCUT2D eigenvalue weighted by Crippen LogP contribution is 2.39. The van der Waals surface area contributed by atoms with E-state index in [9.17, 15) is 4.79 Å². The standard InChI is InChI=1S/C29H34O4Si/c1-29(2,3)34(26-15-9-5-10-16-26,27-17-11-6-12-18-27)33-24-19-25(32-28(30)20-24)22-31-21-23-13-7-4-8-14-23/h4-18,24-25H,19-22H2,1-3H3. The summed E-state index contributed by atoms with van der Waals surface area (Å²) in [5.74, 6) is -0.220. The van der Waals surface area contributed by atoms with E-state index in [1.165, 1.54) is 10.4 Å². The van der Waals surface area contributed by atoms with Crippen LogP contribution in [0.3, 0.4) is 0 Å². The lowest BCUT2D eigenvalue weighted by molar-refractivity contribution is -0.163. The van der Waals surface area contributed by atoms with E-state index in [0.29, 0.717) is 19.6 Å². The number of ether oxygens (including phenoxy) is 2. The lowest BCUT2D eigenvalue weighted by Crippen LogP contribution is -2.68. The largest absolute Gasteiger partial charge is 0.460 e. The van der Waals surface area contributed by atoms with Gasteiger partial charge >= 0.3 is 5.97 Å². The molecular formula is C29H34O4Si. The maximum atomic E-state index is 12.6. The van der Waals surface area contributed by atoms with Crippen LogP contribution in [0.25, 0.3) is 0 Å². The van der Waals surface area contributed by atoms with E-state index in [1.807, 2.05) is 42.5 Å². The number of cyclic esters (lactones) is 1. The van der Waals surface area contributed by atoms with Crippen LogP contribution in [0.5, 0.6) is 0 Å². The van der Waals surface area contributed by atoms with Crippen LogP contribution in [0.2, 0.25) is 5.04 Å². The summed E-state index contributed by atoms with van der Waals surface area (Å²) in [7, 11) is -2.73. The van der Waals surface area contributed by atoms with Gasteiger partial charge in [-0.2, -0.15) is 0 Å². The molecule has 178 valence electrons. The van der Waals surface area contributed by atoms with Crippen molar-refractivity contribution in [3.8, 4) is 0 Å². The molecule has 0 radical (unpaired) electrons. The summed E-state index contributed by atoms with van der Waals surface area (Å²) >= 11 is 0. The summed E-state index contributed by atoms with van der Waals surface area (Å²) in [6, 6.07) is 31.1. The molecule has 4 nitrogen and oxygen atoms in total. The van der Waals surface area contributed by atoms with Crippen molar-refractivity contribution < 1.29 is 18.7 Å². The van der Waals surface area contributed by atoms with Gasteiger partial charge in [-0.05, 0) is 21.0 Å². The molecule has 0 bridgehead atoms. The quantitative estimate of drug-likeness (QED) is 0.346. The molecular weight excluding hydrogens is 440 g/mol. The molecule has 2 unspecified atom stereocenters. The molecule has 0 saturated carbocycles. The Hall–Kier alpha value is -2.73. The van der Waals surface area contributed by atoms with Crippen molar-refractivity contribution in [3.05, 3.63) is 96.6 Å². The van der Waals surface area contributed by atoms with Crippen LogP contribution in [0.4, 0.5) is 0 Å². The second kappa shape index (κ2) is 10.7. The van der Waals surface area contributed by atoms with E-state index < -0.39 is 8.32 Å². The van der Waals surface area contributed by atoms with Crippen LogP contribution in [-0.4, -0.2) is 33.1 Å². The molecule has 1 aliphatic heterocycles. The van der Waals surface area contributed by atoms with Gasteiger partial charge in [0, 0.05) is 6.42 Å². The first-order valence-electron chi connectivity index (χ1n) is 12.0. The van der Waals surface area contributed by atoms with Gasteiger partial charge in [-0.15, -0.1) is 0 Å². The van der Waals surface area contributed by atoms with Gasteiger partial charge in [0.1, 0.15) is 6.10 Å². The van der Waals surface area contributed by atoms with Gasteiger partial charge in [0.15, 0.2) is 0 Å². The highest BCUT2D eigenvalue weighted by atomic mass is 28.4. The molecule has 0 aromatic heterocycles. The zero-order chi connectivity index (χ0) is 24.0. The Morgan fingerprint density at radius 1 is 0.853 bits per heavy atom. The average Bonchev–Trinajstić information content (AvgIpc) is 2.83. The Labute approximate surface area is 204 Å². The summed E-state index contributed by atoms with van der Waals surface area (Å²) < 4.78 is 18.7. The Balaban J connectivity index is 1.57. The summed E-state index contributed by atoms with van der Waals surface area (Å²) in [6.07, 6.45) is 0.358. The summed E-state index contributed by atoms with van der Waals surface area (Å²) in [5, 5.41) is 2.28. The van der Waals surface area contributed by atoms with Crippen LogP contribution >= 0.6 is 0 Å². The van der Waals surface area contributed by atoms with E-state index in [-0.39, 0.29) is 29.6 Å². The van der Waals surface area contributed by atoms with Gasteiger partial charge in [-0.3, -0.25) is 4.79 Å². The van der Waals surface area contributed by atoms with Crippen LogP contribution in [0.15, 0.2) is 91.0 Å². The van der Waals surface area contributed by atoms with Gasteiger partial charge in [-0.1, -0.05) is 112 Å². The van der Waals surface area contributed by atoms with Crippen molar-refractivity contribution in [2.24, 2.45) is 0 Å². The fourth-order valence-electron chi connectivity index (χ4n) is 4.86. The molecule has 34 heavy (non-hydrogen) atoms. The molecule has 1 fully saturated rings. The molecule has 4 rings (SSSR count). The zero-order valence-corrected chi connectivity index (χ0v) is 21.3. The van der Waals surface area contributed by atoms with E-state index in [1.54, 1.807) is 0 Å². The minimum absolute atomic E-state index is 0.142. The first kappa shape index (κ1) is 24.4. The van der Waals surface area contributed by atoms with Crippen LogP contribution in [0, 0.1) is 0 Å². The van der Waals surface area contributed by atoms with E-state index in [2.05, 4.69) is 69.3 Å². The predicted molar refractivity (Wildman–Crippen MR) is 138 cm³/mol. The topological polar surface area (TPSA) is 44.8 Å². The smallest absolute Gasteiger partial charge is 0.308 e. The minimum Gasteiger partial charge on any atom is -0.460 e. The second-order valence-electron chi connectivity index (χ2n) is 9.96. The highest BCUT2D eigenvalue weighted by Gasteiger charge is 2.52. The fraction of sp³-hybridized carbons (Fsp3) is 0.345. The maximum absolute atomic E-state index is 12.6.